The van der Waals surface area contributed by atoms with Crippen molar-refractivity contribution < 1.29 is 23.7 Å². The van der Waals surface area contributed by atoms with Crippen molar-refractivity contribution in [2.45, 2.75) is 53.4 Å². The summed E-state index contributed by atoms with van der Waals surface area (Å²) in [6, 6.07) is 0. The molecule has 124 valence electrons. The first kappa shape index (κ1) is 18.4. The highest BCUT2D eigenvalue weighted by Crippen LogP contribution is 2.36. The van der Waals surface area contributed by atoms with Crippen LogP contribution in [0.15, 0.2) is 0 Å². The predicted octanol–water partition coefficient (Wildman–Crippen LogP) is 2.63. The Hall–Kier alpha value is -0.650. The molecule has 0 radical (unpaired) electrons. The molecule has 0 saturated carbocycles. The fraction of sp³-hybridized carbons (Fsp3) is 0.938. The molecule has 21 heavy (non-hydrogen) atoms. The lowest BCUT2D eigenvalue weighted by Crippen LogP contribution is -2.45. The minimum atomic E-state index is -0.284. The van der Waals surface area contributed by atoms with Gasteiger partial charge in [0, 0.05) is 12.8 Å². The van der Waals surface area contributed by atoms with Crippen molar-refractivity contribution in [1.82, 2.24) is 0 Å². The SMILES string of the molecule is CCC1OC(OCCOCCOC(C)=O)C(C)C(C)C1C. The van der Waals surface area contributed by atoms with Crippen LogP contribution in [0.5, 0.6) is 0 Å². The second-order valence-corrected chi connectivity index (χ2v) is 5.85. The number of rotatable bonds is 8. The summed E-state index contributed by atoms with van der Waals surface area (Å²) in [6.07, 6.45) is 1.13. The summed E-state index contributed by atoms with van der Waals surface area (Å²) in [4.78, 5) is 10.6. The van der Waals surface area contributed by atoms with Crippen molar-refractivity contribution >= 4 is 5.97 Å². The van der Waals surface area contributed by atoms with Gasteiger partial charge in [-0.3, -0.25) is 4.79 Å². The molecule has 0 spiro atoms. The number of carbonyl (C=O) groups excluding carboxylic acids is 1. The van der Waals surface area contributed by atoms with Gasteiger partial charge < -0.3 is 18.9 Å². The Morgan fingerprint density at radius 2 is 1.67 bits per heavy atom. The Bertz CT molecular complexity index is 305. The van der Waals surface area contributed by atoms with Gasteiger partial charge in [0.15, 0.2) is 6.29 Å². The second-order valence-electron chi connectivity index (χ2n) is 5.85. The molecule has 1 fully saturated rings. The lowest BCUT2D eigenvalue weighted by Gasteiger charge is -2.43. The van der Waals surface area contributed by atoms with Gasteiger partial charge in [0.25, 0.3) is 0 Å². The lowest BCUT2D eigenvalue weighted by molar-refractivity contribution is -0.251. The molecule has 1 rings (SSSR count). The van der Waals surface area contributed by atoms with Gasteiger partial charge in [-0.25, -0.2) is 0 Å². The normalized spacial score (nSPS) is 32.9. The van der Waals surface area contributed by atoms with E-state index in [0.29, 0.717) is 37.6 Å². The van der Waals surface area contributed by atoms with Gasteiger partial charge in [0.2, 0.25) is 0 Å². The van der Waals surface area contributed by atoms with Crippen LogP contribution in [0.4, 0.5) is 0 Å². The smallest absolute Gasteiger partial charge is 0.302 e. The van der Waals surface area contributed by atoms with Crippen LogP contribution in [0.2, 0.25) is 0 Å². The highest BCUT2D eigenvalue weighted by Gasteiger charge is 2.38. The third-order valence-corrected chi connectivity index (χ3v) is 4.43. The molecule has 5 heteroatoms. The number of carbonyl (C=O) groups is 1. The molecule has 0 bridgehead atoms. The van der Waals surface area contributed by atoms with Gasteiger partial charge in [0.1, 0.15) is 6.61 Å². The Kier molecular flexibility index (Phi) is 8.22. The van der Waals surface area contributed by atoms with Crippen LogP contribution in [-0.4, -0.2) is 44.8 Å². The Labute approximate surface area is 128 Å². The Morgan fingerprint density at radius 1 is 1.00 bits per heavy atom. The molecule has 5 unspecified atom stereocenters. The molecular weight excluding hydrogens is 272 g/mol. The fourth-order valence-corrected chi connectivity index (χ4v) is 2.71. The van der Waals surface area contributed by atoms with E-state index in [-0.39, 0.29) is 25.0 Å². The molecule has 5 atom stereocenters. The highest BCUT2D eigenvalue weighted by atomic mass is 16.7. The van der Waals surface area contributed by atoms with Crippen molar-refractivity contribution in [3.63, 3.8) is 0 Å². The monoisotopic (exact) mass is 302 g/mol. The molecule has 1 saturated heterocycles. The summed E-state index contributed by atoms with van der Waals surface area (Å²) >= 11 is 0. The number of hydrogen-bond acceptors (Lipinski definition) is 5. The maximum atomic E-state index is 10.6. The topological polar surface area (TPSA) is 54.0 Å². The maximum Gasteiger partial charge on any atom is 0.302 e. The first-order chi connectivity index (χ1) is 9.97. The number of hydrogen-bond donors (Lipinski definition) is 0. The third kappa shape index (κ3) is 5.93. The van der Waals surface area contributed by atoms with E-state index in [4.69, 9.17) is 18.9 Å². The van der Waals surface area contributed by atoms with Crippen LogP contribution in [0, 0.1) is 17.8 Å². The zero-order valence-corrected chi connectivity index (χ0v) is 14.0. The number of ether oxygens (including phenoxy) is 4. The summed E-state index contributed by atoms with van der Waals surface area (Å²) in [5.41, 5.74) is 0. The van der Waals surface area contributed by atoms with Crippen molar-refractivity contribution in [2.24, 2.45) is 17.8 Å². The maximum absolute atomic E-state index is 10.6. The molecule has 0 aromatic heterocycles. The zero-order valence-electron chi connectivity index (χ0n) is 14.0. The van der Waals surface area contributed by atoms with Gasteiger partial charge in [-0.05, 0) is 18.3 Å². The van der Waals surface area contributed by atoms with Crippen molar-refractivity contribution in [1.29, 1.82) is 0 Å². The van der Waals surface area contributed by atoms with E-state index in [1.807, 2.05) is 0 Å². The van der Waals surface area contributed by atoms with E-state index in [0.717, 1.165) is 6.42 Å². The second kappa shape index (κ2) is 9.38. The van der Waals surface area contributed by atoms with Gasteiger partial charge in [-0.2, -0.15) is 0 Å². The molecule has 1 heterocycles. The summed E-state index contributed by atoms with van der Waals surface area (Å²) in [5, 5.41) is 0. The van der Waals surface area contributed by atoms with E-state index in [2.05, 4.69) is 27.7 Å². The first-order valence-electron chi connectivity index (χ1n) is 7.95. The summed E-state index contributed by atoms with van der Waals surface area (Å²) in [6.45, 7) is 11.9. The van der Waals surface area contributed by atoms with Crippen LogP contribution < -0.4 is 0 Å². The van der Waals surface area contributed by atoms with Crippen molar-refractivity contribution in [3.05, 3.63) is 0 Å². The molecule has 0 N–H and O–H groups in total. The van der Waals surface area contributed by atoms with Crippen LogP contribution in [0.1, 0.15) is 41.0 Å². The third-order valence-electron chi connectivity index (χ3n) is 4.43. The van der Waals surface area contributed by atoms with E-state index in [1.54, 1.807) is 0 Å². The largest absolute Gasteiger partial charge is 0.463 e. The van der Waals surface area contributed by atoms with E-state index in [1.165, 1.54) is 6.92 Å². The quantitative estimate of drug-likeness (QED) is 0.509. The molecule has 1 aliphatic rings. The minimum absolute atomic E-state index is 0.154. The molecule has 1 aliphatic heterocycles. The Balaban J connectivity index is 2.20. The van der Waals surface area contributed by atoms with Gasteiger partial charge in [-0.15, -0.1) is 0 Å². The molecule has 0 aromatic carbocycles. The minimum Gasteiger partial charge on any atom is -0.463 e. The van der Waals surface area contributed by atoms with Gasteiger partial charge in [0.05, 0.1) is 25.9 Å². The summed E-state index contributed by atoms with van der Waals surface area (Å²) < 4.78 is 22.0. The van der Waals surface area contributed by atoms with E-state index >= 15 is 0 Å². The molecule has 5 nitrogen and oxygen atoms in total. The lowest BCUT2D eigenvalue weighted by atomic mass is 9.78. The summed E-state index contributed by atoms with van der Waals surface area (Å²) in [7, 11) is 0. The van der Waals surface area contributed by atoms with Crippen LogP contribution in [-0.2, 0) is 23.7 Å². The fourth-order valence-electron chi connectivity index (χ4n) is 2.71. The standard InChI is InChI=1S/C16H30O5/c1-6-15-12(3)11(2)13(4)16(21-15)20-10-8-18-7-9-19-14(5)17/h11-13,15-16H,6-10H2,1-5H3. The van der Waals surface area contributed by atoms with E-state index < -0.39 is 0 Å². The molecular formula is C16H30O5. The van der Waals surface area contributed by atoms with Crippen molar-refractivity contribution in [2.75, 3.05) is 26.4 Å². The first-order valence-corrected chi connectivity index (χ1v) is 7.95. The van der Waals surface area contributed by atoms with Gasteiger partial charge in [-0.1, -0.05) is 27.7 Å². The summed E-state index contributed by atoms with van der Waals surface area (Å²) in [5.74, 6) is 1.24. The van der Waals surface area contributed by atoms with Gasteiger partial charge >= 0.3 is 5.97 Å². The molecule has 0 aliphatic carbocycles. The van der Waals surface area contributed by atoms with E-state index in [9.17, 15) is 4.79 Å². The van der Waals surface area contributed by atoms with Crippen LogP contribution in [0.3, 0.4) is 0 Å². The molecule has 0 aromatic rings. The number of esters is 1. The Morgan fingerprint density at radius 3 is 2.29 bits per heavy atom. The van der Waals surface area contributed by atoms with Crippen molar-refractivity contribution in [3.8, 4) is 0 Å². The average molecular weight is 302 g/mol. The van der Waals surface area contributed by atoms with Crippen LogP contribution in [0.25, 0.3) is 0 Å². The predicted molar refractivity (Wildman–Crippen MR) is 79.8 cm³/mol. The highest BCUT2D eigenvalue weighted by molar-refractivity contribution is 5.65. The zero-order chi connectivity index (χ0) is 15.8. The molecule has 0 amide bonds. The average Bonchev–Trinajstić information content (AvgIpc) is 2.45. The van der Waals surface area contributed by atoms with Crippen LogP contribution >= 0.6 is 0 Å².